The highest BCUT2D eigenvalue weighted by molar-refractivity contribution is 5.39. The number of aromatic nitrogens is 4. The summed E-state index contributed by atoms with van der Waals surface area (Å²) in [5, 5.41) is 4.34. The second-order valence-electron chi connectivity index (χ2n) is 8.55. The van der Waals surface area contributed by atoms with Crippen LogP contribution in [-0.4, -0.2) is 44.8 Å². The van der Waals surface area contributed by atoms with Crippen molar-refractivity contribution in [1.29, 1.82) is 0 Å². The molecule has 0 amide bonds. The maximum Gasteiger partial charge on any atom is 0.220 e. The molecule has 3 heterocycles. The van der Waals surface area contributed by atoms with Gasteiger partial charge in [0.1, 0.15) is 5.75 Å². The van der Waals surface area contributed by atoms with Crippen LogP contribution in [-0.2, 0) is 24.9 Å². The quantitative estimate of drug-likeness (QED) is 0.704. The summed E-state index contributed by atoms with van der Waals surface area (Å²) in [6.45, 7) is 3.76. The van der Waals surface area contributed by atoms with Crippen LogP contribution in [0.15, 0.2) is 42.9 Å². The molecule has 0 radical (unpaired) electrons. The summed E-state index contributed by atoms with van der Waals surface area (Å²) in [6, 6.07) is 8.45. The van der Waals surface area contributed by atoms with E-state index in [0.717, 1.165) is 43.8 Å². The van der Waals surface area contributed by atoms with Gasteiger partial charge in [0.2, 0.25) is 5.95 Å². The third-order valence-corrected chi connectivity index (χ3v) is 6.56. The summed E-state index contributed by atoms with van der Waals surface area (Å²) >= 11 is 0. The monoisotopic (exact) mass is 404 g/mol. The van der Waals surface area contributed by atoms with E-state index in [-0.39, 0.29) is 5.41 Å². The highest BCUT2D eigenvalue weighted by Crippen LogP contribution is 2.44. The van der Waals surface area contributed by atoms with Crippen LogP contribution in [0.2, 0.25) is 0 Å². The zero-order valence-corrected chi connectivity index (χ0v) is 17.4. The molecule has 1 atom stereocenters. The Morgan fingerprint density at radius 1 is 1.23 bits per heavy atom. The third kappa shape index (κ3) is 3.54. The summed E-state index contributed by atoms with van der Waals surface area (Å²) in [7, 11) is 1.72. The van der Waals surface area contributed by atoms with Gasteiger partial charge in [0, 0.05) is 42.7 Å². The lowest BCUT2D eigenvalue weighted by Gasteiger charge is -2.40. The zero-order chi connectivity index (χ0) is 20.6. The predicted molar refractivity (Wildman–Crippen MR) is 115 cm³/mol. The van der Waals surface area contributed by atoms with Crippen molar-refractivity contribution in [3.63, 3.8) is 0 Å². The predicted octanol–water partition coefficient (Wildman–Crippen LogP) is 2.79. The van der Waals surface area contributed by atoms with Crippen molar-refractivity contribution < 1.29 is 4.74 Å². The van der Waals surface area contributed by atoms with Crippen molar-refractivity contribution >= 4 is 5.95 Å². The van der Waals surface area contributed by atoms with Gasteiger partial charge >= 0.3 is 0 Å². The van der Waals surface area contributed by atoms with Crippen molar-refractivity contribution in [2.24, 2.45) is 0 Å². The van der Waals surface area contributed by atoms with Crippen molar-refractivity contribution in [3.05, 3.63) is 65.2 Å². The van der Waals surface area contributed by atoms with Gasteiger partial charge in [-0.2, -0.15) is 5.10 Å². The Hall–Kier alpha value is -2.93. The number of likely N-dealkylation sites (tertiary alicyclic amines) is 1. The summed E-state index contributed by atoms with van der Waals surface area (Å²) in [5.74, 6) is 1.30. The minimum Gasteiger partial charge on any atom is -0.496 e. The third-order valence-electron chi connectivity index (χ3n) is 6.56. The van der Waals surface area contributed by atoms with Crippen LogP contribution in [0.25, 0.3) is 0 Å². The van der Waals surface area contributed by atoms with E-state index in [1.54, 1.807) is 13.3 Å². The highest BCUT2D eigenvalue weighted by Gasteiger charge is 2.43. The second-order valence-corrected chi connectivity index (χ2v) is 8.55. The zero-order valence-electron chi connectivity index (χ0n) is 17.4. The normalized spacial score (nSPS) is 21.1. The number of nitrogens with two attached hydrogens (primary N) is 1. The van der Waals surface area contributed by atoms with E-state index in [4.69, 9.17) is 10.5 Å². The van der Waals surface area contributed by atoms with E-state index in [2.05, 4.69) is 38.2 Å². The molecule has 1 aromatic carbocycles. The molecule has 7 heteroatoms. The number of nitrogen functional groups attached to an aromatic ring is 1. The largest absolute Gasteiger partial charge is 0.496 e. The van der Waals surface area contributed by atoms with Crippen LogP contribution < -0.4 is 10.5 Å². The molecule has 1 saturated heterocycles. The van der Waals surface area contributed by atoms with Crippen LogP contribution >= 0.6 is 0 Å². The molecular formula is C23H28N6O. The van der Waals surface area contributed by atoms with Gasteiger partial charge in [0.05, 0.1) is 19.3 Å². The number of hydrogen-bond donors (Lipinski definition) is 1. The minimum absolute atomic E-state index is 0.120. The van der Waals surface area contributed by atoms with Gasteiger partial charge in [-0.25, -0.2) is 9.97 Å². The average Bonchev–Trinajstić information content (AvgIpc) is 3.37. The van der Waals surface area contributed by atoms with Crippen molar-refractivity contribution in [1.82, 2.24) is 24.6 Å². The van der Waals surface area contributed by atoms with Crippen molar-refractivity contribution in [2.75, 3.05) is 25.9 Å². The fourth-order valence-corrected chi connectivity index (χ4v) is 5.19. The summed E-state index contributed by atoms with van der Waals surface area (Å²) in [4.78, 5) is 11.4. The first-order valence-corrected chi connectivity index (χ1v) is 10.6. The summed E-state index contributed by atoms with van der Waals surface area (Å²) in [5.41, 5.74) is 11.0. The molecule has 30 heavy (non-hydrogen) atoms. The van der Waals surface area contributed by atoms with Crippen molar-refractivity contribution in [3.8, 4) is 5.75 Å². The molecule has 7 nitrogen and oxygen atoms in total. The van der Waals surface area contributed by atoms with Gasteiger partial charge in [-0.3, -0.25) is 9.58 Å². The van der Waals surface area contributed by atoms with E-state index in [1.807, 2.05) is 23.1 Å². The summed E-state index contributed by atoms with van der Waals surface area (Å²) in [6.07, 6.45) is 10.3. The fourth-order valence-electron chi connectivity index (χ4n) is 5.19. The smallest absolute Gasteiger partial charge is 0.220 e. The van der Waals surface area contributed by atoms with E-state index < -0.39 is 0 Å². The van der Waals surface area contributed by atoms with Crippen LogP contribution in [0.5, 0.6) is 5.75 Å². The maximum absolute atomic E-state index is 5.92. The number of benzene rings is 1. The van der Waals surface area contributed by atoms with E-state index in [0.29, 0.717) is 12.5 Å². The van der Waals surface area contributed by atoms with Gasteiger partial charge in [-0.05, 0) is 61.6 Å². The van der Waals surface area contributed by atoms with Crippen LogP contribution in [0, 0.1) is 0 Å². The Balaban J connectivity index is 1.36. The lowest BCUT2D eigenvalue weighted by atomic mass is 9.77. The molecule has 1 unspecified atom stereocenters. The highest BCUT2D eigenvalue weighted by atomic mass is 16.5. The molecule has 1 fully saturated rings. The Kier molecular flexibility index (Phi) is 4.90. The molecule has 2 aliphatic rings. The first-order chi connectivity index (χ1) is 14.6. The molecule has 5 rings (SSSR count). The number of ether oxygens (including phenoxy) is 1. The molecular weight excluding hydrogens is 376 g/mol. The lowest BCUT2D eigenvalue weighted by Crippen LogP contribution is -2.45. The standard InChI is InChI=1S/C23H28N6O/c1-30-20-5-4-17(12-19(20)15-29-11-3-9-26-29)14-28-10-2-7-23(16-28)8-6-18-13-25-22(24)27-21(18)23/h3-5,9,11-13H,2,6-8,10,14-16H2,1H3,(H2,24,25,27). The molecule has 1 aliphatic carbocycles. The number of aryl methyl sites for hydroxylation is 1. The van der Waals surface area contributed by atoms with Crippen LogP contribution in [0.4, 0.5) is 5.95 Å². The Labute approximate surface area is 176 Å². The molecule has 2 N–H and O–H groups in total. The Morgan fingerprint density at radius 2 is 2.17 bits per heavy atom. The fraction of sp³-hybridized carbons (Fsp3) is 0.435. The van der Waals surface area contributed by atoms with Gasteiger partial charge < -0.3 is 10.5 Å². The number of rotatable bonds is 5. The number of piperidine rings is 1. The van der Waals surface area contributed by atoms with Gasteiger partial charge in [-0.15, -0.1) is 0 Å². The van der Waals surface area contributed by atoms with Crippen LogP contribution in [0.3, 0.4) is 0 Å². The average molecular weight is 405 g/mol. The maximum atomic E-state index is 5.92. The Bertz CT molecular complexity index is 1030. The second kappa shape index (κ2) is 7.72. The van der Waals surface area contributed by atoms with Gasteiger partial charge in [0.15, 0.2) is 0 Å². The number of hydrogen-bond acceptors (Lipinski definition) is 6. The molecule has 1 aliphatic heterocycles. The Morgan fingerprint density at radius 3 is 3.00 bits per heavy atom. The molecule has 3 aromatic rings. The number of nitrogens with zero attached hydrogens (tertiary/aromatic N) is 5. The van der Waals surface area contributed by atoms with Gasteiger partial charge in [-0.1, -0.05) is 6.07 Å². The molecule has 0 bridgehead atoms. The van der Waals surface area contributed by atoms with E-state index in [1.165, 1.54) is 29.7 Å². The van der Waals surface area contributed by atoms with E-state index in [9.17, 15) is 0 Å². The number of fused-ring (bicyclic) bond motifs is 2. The molecule has 0 saturated carbocycles. The molecule has 2 aromatic heterocycles. The van der Waals surface area contributed by atoms with Crippen LogP contribution in [0.1, 0.15) is 41.6 Å². The molecule has 1 spiro atoms. The first-order valence-electron chi connectivity index (χ1n) is 10.6. The van der Waals surface area contributed by atoms with Gasteiger partial charge in [0.25, 0.3) is 0 Å². The topological polar surface area (TPSA) is 82.1 Å². The van der Waals surface area contributed by atoms with Crippen molar-refractivity contribution in [2.45, 2.75) is 44.2 Å². The van der Waals surface area contributed by atoms with E-state index >= 15 is 0 Å². The molecule has 156 valence electrons. The lowest BCUT2D eigenvalue weighted by molar-refractivity contribution is 0.137. The summed E-state index contributed by atoms with van der Waals surface area (Å²) < 4.78 is 7.51. The first kappa shape index (κ1) is 19.1. The number of methoxy groups -OCH3 is 1. The number of anilines is 1. The minimum atomic E-state index is 0.120. The SMILES string of the molecule is COc1ccc(CN2CCCC3(CCc4cnc(N)nc43)C2)cc1Cn1cccn1.